The molecule has 126 valence electrons. The Morgan fingerprint density at radius 3 is 2.92 bits per heavy atom. The zero-order valence-corrected chi connectivity index (χ0v) is 14.5. The van der Waals surface area contributed by atoms with Crippen molar-refractivity contribution in [3.63, 3.8) is 0 Å². The van der Waals surface area contributed by atoms with E-state index in [1.807, 2.05) is 24.3 Å². The van der Waals surface area contributed by atoms with Crippen LogP contribution in [0, 0.1) is 0 Å². The molecule has 0 saturated carbocycles. The Labute approximate surface area is 151 Å². The second kappa shape index (κ2) is 7.94. The molecule has 7 heteroatoms. The Morgan fingerprint density at radius 1 is 1.29 bits per heavy atom. The van der Waals surface area contributed by atoms with Crippen LogP contribution in [0.2, 0.25) is 10.0 Å². The Hall–Kier alpha value is -1.66. The minimum atomic E-state index is -0.0984. The molecule has 2 aromatic rings. The number of carbonyl (C=O) groups is 1. The number of halogens is 2. The average Bonchev–Trinajstić information content (AvgIpc) is 2.57. The molecular weight excluding hydrogens is 347 g/mol. The van der Waals surface area contributed by atoms with E-state index in [-0.39, 0.29) is 11.9 Å². The first-order valence-corrected chi connectivity index (χ1v) is 8.49. The number of benzene rings is 1. The van der Waals surface area contributed by atoms with Crippen molar-refractivity contribution in [2.45, 2.75) is 6.04 Å². The van der Waals surface area contributed by atoms with Gasteiger partial charge in [-0.2, -0.15) is 0 Å². The van der Waals surface area contributed by atoms with Crippen LogP contribution in [0.4, 0.5) is 5.82 Å². The van der Waals surface area contributed by atoms with Gasteiger partial charge in [-0.1, -0.05) is 35.3 Å². The number of piperazine rings is 1. The van der Waals surface area contributed by atoms with Gasteiger partial charge in [-0.25, -0.2) is 4.98 Å². The SMILES string of the molecule is O=C(CN1CCNCC1c1cccc(Cl)c1)Nc1ccc(Cl)cn1. The minimum Gasteiger partial charge on any atom is -0.314 e. The van der Waals surface area contributed by atoms with Crippen molar-refractivity contribution >= 4 is 34.9 Å². The summed E-state index contributed by atoms with van der Waals surface area (Å²) in [5.74, 6) is 0.401. The average molecular weight is 365 g/mol. The quantitative estimate of drug-likeness (QED) is 0.875. The van der Waals surface area contributed by atoms with E-state index in [9.17, 15) is 4.79 Å². The van der Waals surface area contributed by atoms with Crippen LogP contribution in [0.5, 0.6) is 0 Å². The van der Waals surface area contributed by atoms with Gasteiger partial charge in [0, 0.05) is 36.9 Å². The van der Waals surface area contributed by atoms with Gasteiger partial charge in [0.2, 0.25) is 5.91 Å². The van der Waals surface area contributed by atoms with Crippen LogP contribution in [0.25, 0.3) is 0 Å². The first-order chi connectivity index (χ1) is 11.6. The van der Waals surface area contributed by atoms with Gasteiger partial charge in [0.25, 0.3) is 0 Å². The number of anilines is 1. The Bertz CT molecular complexity index is 708. The lowest BCUT2D eigenvalue weighted by atomic mass is 10.0. The number of aromatic nitrogens is 1. The molecule has 1 aromatic heterocycles. The molecule has 1 aliphatic rings. The molecule has 0 bridgehead atoms. The van der Waals surface area contributed by atoms with Crippen molar-refractivity contribution in [2.24, 2.45) is 0 Å². The van der Waals surface area contributed by atoms with E-state index in [1.165, 1.54) is 6.20 Å². The molecule has 1 fully saturated rings. The normalized spacial score (nSPS) is 18.3. The summed E-state index contributed by atoms with van der Waals surface area (Å²) in [7, 11) is 0. The number of nitrogens with zero attached hydrogens (tertiary/aromatic N) is 2. The molecule has 5 nitrogen and oxygen atoms in total. The van der Waals surface area contributed by atoms with Crippen molar-refractivity contribution in [3.05, 3.63) is 58.2 Å². The highest BCUT2D eigenvalue weighted by atomic mass is 35.5. The van der Waals surface area contributed by atoms with Gasteiger partial charge in [0.05, 0.1) is 11.6 Å². The fourth-order valence-electron chi connectivity index (χ4n) is 2.79. The fourth-order valence-corrected chi connectivity index (χ4v) is 3.11. The van der Waals surface area contributed by atoms with Gasteiger partial charge in [-0.15, -0.1) is 0 Å². The number of rotatable bonds is 4. The number of pyridine rings is 1. The maximum Gasteiger partial charge on any atom is 0.239 e. The maximum atomic E-state index is 12.3. The van der Waals surface area contributed by atoms with E-state index in [2.05, 4.69) is 20.5 Å². The summed E-state index contributed by atoms with van der Waals surface area (Å²) >= 11 is 11.9. The highest BCUT2D eigenvalue weighted by Crippen LogP contribution is 2.24. The monoisotopic (exact) mass is 364 g/mol. The molecule has 0 aliphatic carbocycles. The second-order valence-electron chi connectivity index (χ2n) is 5.66. The van der Waals surface area contributed by atoms with Crippen molar-refractivity contribution < 1.29 is 4.79 Å². The van der Waals surface area contributed by atoms with Crippen molar-refractivity contribution in [1.29, 1.82) is 0 Å². The molecule has 1 aliphatic heterocycles. The summed E-state index contributed by atoms with van der Waals surface area (Å²) < 4.78 is 0. The minimum absolute atomic E-state index is 0.0984. The van der Waals surface area contributed by atoms with Crippen molar-refractivity contribution in [3.8, 4) is 0 Å². The summed E-state index contributed by atoms with van der Waals surface area (Å²) in [5.41, 5.74) is 1.10. The maximum absolute atomic E-state index is 12.3. The van der Waals surface area contributed by atoms with Crippen LogP contribution in [-0.2, 0) is 4.79 Å². The van der Waals surface area contributed by atoms with Crippen LogP contribution in [-0.4, -0.2) is 42.0 Å². The predicted octanol–water partition coefficient (Wildman–Crippen LogP) is 2.97. The molecule has 2 N–H and O–H groups in total. The third kappa shape index (κ3) is 4.45. The third-order valence-corrected chi connectivity index (χ3v) is 4.39. The smallest absolute Gasteiger partial charge is 0.239 e. The summed E-state index contributed by atoms with van der Waals surface area (Å²) in [5, 5.41) is 7.41. The largest absolute Gasteiger partial charge is 0.314 e. The van der Waals surface area contributed by atoms with Crippen molar-refractivity contribution in [2.75, 3.05) is 31.5 Å². The first kappa shape index (κ1) is 17.2. The summed E-state index contributed by atoms with van der Waals surface area (Å²) in [6, 6.07) is 11.3. The van der Waals surface area contributed by atoms with Gasteiger partial charge >= 0.3 is 0 Å². The number of hydrogen-bond acceptors (Lipinski definition) is 4. The van der Waals surface area contributed by atoms with Crippen LogP contribution in [0.1, 0.15) is 11.6 Å². The number of nitrogens with one attached hydrogen (secondary N) is 2. The van der Waals surface area contributed by atoms with E-state index >= 15 is 0 Å². The molecule has 0 radical (unpaired) electrons. The molecule has 0 spiro atoms. The molecule has 1 aromatic carbocycles. The zero-order valence-electron chi connectivity index (χ0n) is 13.0. The molecule has 2 heterocycles. The summed E-state index contributed by atoms with van der Waals surface area (Å²) in [4.78, 5) is 18.6. The Balaban J connectivity index is 1.67. The zero-order chi connectivity index (χ0) is 16.9. The van der Waals surface area contributed by atoms with Gasteiger partial charge in [-0.05, 0) is 29.8 Å². The Morgan fingerprint density at radius 2 is 2.17 bits per heavy atom. The lowest BCUT2D eigenvalue weighted by molar-refractivity contribution is -0.118. The van der Waals surface area contributed by atoms with E-state index in [0.29, 0.717) is 22.4 Å². The molecule has 1 unspecified atom stereocenters. The van der Waals surface area contributed by atoms with E-state index in [0.717, 1.165) is 25.2 Å². The molecule has 1 saturated heterocycles. The predicted molar refractivity (Wildman–Crippen MR) is 96.5 cm³/mol. The topological polar surface area (TPSA) is 57.3 Å². The molecule has 1 amide bonds. The van der Waals surface area contributed by atoms with Crippen LogP contribution in [0.3, 0.4) is 0 Å². The molecule has 1 atom stereocenters. The number of amides is 1. The fraction of sp³-hybridized carbons (Fsp3) is 0.294. The summed E-state index contributed by atoms with van der Waals surface area (Å²) in [6.07, 6.45) is 1.51. The Kier molecular flexibility index (Phi) is 5.68. The molecule has 24 heavy (non-hydrogen) atoms. The summed E-state index contributed by atoms with van der Waals surface area (Å²) in [6.45, 7) is 2.72. The third-order valence-electron chi connectivity index (χ3n) is 3.93. The molecule has 3 rings (SSSR count). The molecular formula is C17H18Cl2N4O. The first-order valence-electron chi connectivity index (χ1n) is 7.73. The van der Waals surface area contributed by atoms with E-state index in [1.54, 1.807) is 12.1 Å². The van der Waals surface area contributed by atoms with Gasteiger partial charge < -0.3 is 10.6 Å². The highest BCUT2D eigenvalue weighted by molar-refractivity contribution is 6.30. The number of hydrogen-bond donors (Lipinski definition) is 2. The highest BCUT2D eigenvalue weighted by Gasteiger charge is 2.25. The lowest BCUT2D eigenvalue weighted by Gasteiger charge is -2.36. The van der Waals surface area contributed by atoms with Crippen LogP contribution < -0.4 is 10.6 Å². The number of carbonyl (C=O) groups excluding carboxylic acids is 1. The van der Waals surface area contributed by atoms with Gasteiger partial charge in [0.15, 0.2) is 0 Å². The lowest BCUT2D eigenvalue weighted by Crippen LogP contribution is -2.48. The van der Waals surface area contributed by atoms with E-state index in [4.69, 9.17) is 23.2 Å². The second-order valence-corrected chi connectivity index (χ2v) is 6.53. The van der Waals surface area contributed by atoms with Crippen LogP contribution >= 0.6 is 23.2 Å². The van der Waals surface area contributed by atoms with Gasteiger partial charge in [-0.3, -0.25) is 9.69 Å². The van der Waals surface area contributed by atoms with E-state index < -0.39 is 0 Å². The standard InChI is InChI=1S/C17H18Cl2N4O/c18-13-3-1-2-12(8-13)15-10-20-6-7-23(15)11-17(24)22-16-5-4-14(19)9-21-16/h1-5,8-9,15,20H,6-7,10-11H2,(H,21,22,24). The van der Waals surface area contributed by atoms with Crippen molar-refractivity contribution in [1.82, 2.24) is 15.2 Å². The van der Waals surface area contributed by atoms with Gasteiger partial charge in [0.1, 0.15) is 5.82 Å². The van der Waals surface area contributed by atoms with Crippen LogP contribution in [0.15, 0.2) is 42.6 Å².